The lowest BCUT2D eigenvalue weighted by Crippen LogP contribution is -2.35. The summed E-state index contributed by atoms with van der Waals surface area (Å²) in [5, 5.41) is 0. The average molecular weight is 689 g/mol. The van der Waals surface area contributed by atoms with Gasteiger partial charge in [-0.25, -0.2) is 9.59 Å². The number of halogens is 2. The lowest BCUT2D eigenvalue weighted by atomic mass is 9.78. The first kappa shape index (κ1) is 40.9. The first-order valence-electron chi connectivity index (χ1n) is 16.4. The lowest BCUT2D eigenvalue weighted by molar-refractivity contribution is -0.191. The van der Waals surface area contributed by atoms with E-state index in [9.17, 15) is 23.2 Å². The molecular formula is C37H50F2N2O8. The van der Waals surface area contributed by atoms with Crippen molar-refractivity contribution in [3.8, 4) is 0 Å². The molecule has 0 saturated carbocycles. The van der Waals surface area contributed by atoms with Crippen LogP contribution in [-0.4, -0.2) is 79.2 Å². The van der Waals surface area contributed by atoms with Crippen LogP contribution in [0.5, 0.6) is 0 Å². The Balaban J connectivity index is 0.000000324. The van der Waals surface area contributed by atoms with E-state index >= 15 is 0 Å². The standard InChI is InChI=1S/C20H28FNO4.C16H22FNO2.CO2/c1-19(2,3)26-17(23)10-20(4)14-22(12-16(20)11-21)18(24)25-13-15-8-6-5-7-9-15;1-3-16(2)12-18(10-14(16)9-17)15(19)20-11-13-7-5-4-6-8-13;2-1-3/h5-9,16H,10-14H2,1-4H3;4-8,14H,3,9-12H2,1-2H3;/t16-,20-;14-,16-;/m11./s1. The molecule has 0 spiro atoms. The number of hydrogen-bond donors (Lipinski definition) is 0. The van der Waals surface area contributed by atoms with E-state index in [4.69, 9.17) is 23.8 Å². The van der Waals surface area contributed by atoms with Crippen LogP contribution in [0.4, 0.5) is 18.4 Å². The van der Waals surface area contributed by atoms with Gasteiger partial charge in [0.1, 0.15) is 18.8 Å². The zero-order chi connectivity index (χ0) is 36.7. The van der Waals surface area contributed by atoms with E-state index in [1.165, 1.54) is 4.90 Å². The molecule has 4 rings (SSSR count). The normalized spacial score (nSPS) is 22.9. The summed E-state index contributed by atoms with van der Waals surface area (Å²) in [5.41, 5.74) is 0.452. The number of ether oxygens (including phenoxy) is 3. The summed E-state index contributed by atoms with van der Waals surface area (Å²) in [6.07, 6.45) is 0.357. The molecule has 2 saturated heterocycles. The van der Waals surface area contributed by atoms with Crippen molar-refractivity contribution < 1.29 is 47.0 Å². The highest BCUT2D eigenvalue weighted by Crippen LogP contribution is 2.41. The van der Waals surface area contributed by atoms with E-state index in [-0.39, 0.29) is 68.9 Å². The predicted octanol–water partition coefficient (Wildman–Crippen LogP) is 7.02. The number of alkyl halides is 2. The first-order chi connectivity index (χ1) is 23.1. The molecule has 2 aromatic rings. The van der Waals surface area contributed by atoms with E-state index in [1.807, 2.05) is 81.4 Å². The van der Waals surface area contributed by atoms with Crippen LogP contribution in [0.25, 0.3) is 0 Å². The molecule has 10 nitrogen and oxygen atoms in total. The lowest BCUT2D eigenvalue weighted by Gasteiger charge is -2.29. The maximum Gasteiger partial charge on any atom is 0.410 e. The SMILES string of the molecule is CC(C)(C)OC(=O)C[C@]1(C)CN(C(=O)OCc2ccccc2)C[C@H]1CF.CC[C@]1(C)CN(C(=O)OCc2ccccc2)C[C@H]1CF.O=C=O. The number of carbonyl (C=O) groups is 3. The largest absolute Gasteiger partial charge is 0.460 e. The molecule has 12 heteroatoms. The van der Waals surface area contributed by atoms with Crippen LogP contribution >= 0.6 is 0 Å². The van der Waals surface area contributed by atoms with Crippen LogP contribution in [0.2, 0.25) is 0 Å². The smallest absolute Gasteiger partial charge is 0.410 e. The molecule has 0 bridgehead atoms. The van der Waals surface area contributed by atoms with Gasteiger partial charge in [-0.05, 0) is 43.7 Å². The molecule has 0 aromatic heterocycles. The molecule has 270 valence electrons. The van der Waals surface area contributed by atoms with Crippen molar-refractivity contribution in [2.45, 2.75) is 73.2 Å². The van der Waals surface area contributed by atoms with Gasteiger partial charge in [-0.3, -0.25) is 13.6 Å². The van der Waals surface area contributed by atoms with Gasteiger partial charge < -0.3 is 24.0 Å². The Bertz CT molecular complexity index is 1370. The molecule has 0 N–H and O–H groups in total. The summed E-state index contributed by atoms with van der Waals surface area (Å²) >= 11 is 0. The maximum atomic E-state index is 13.5. The number of benzene rings is 2. The van der Waals surface area contributed by atoms with Crippen molar-refractivity contribution in [3.05, 3.63) is 71.8 Å². The fraction of sp³-hybridized carbons (Fsp3) is 0.568. The van der Waals surface area contributed by atoms with Gasteiger partial charge >= 0.3 is 24.3 Å². The Morgan fingerprint density at radius 2 is 1.16 bits per heavy atom. The highest BCUT2D eigenvalue weighted by Gasteiger charge is 2.47. The second-order valence-corrected chi connectivity index (χ2v) is 14.1. The van der Waals surface area contributed by atoms with Crippen LogP contribution in [0.15, 0.2) is 60.7 Å². The quantitative estimate of drug-likeness (QED) is 0.204. The van der Waals surface area contributed by atoms with Crippen LogP contribution in [0.3, 0.4) is 0 Å². The van der Waals surface area contributed by atoms with Crippen molar-refractivity contribution in [1.29, 1.82) is 0 Å². The third kappa shape index (κ3) is 12.9. The number of likely N-dealkylation sites (tertiary alicyclic amines) is 2. The second-order valence-electron chi connectivity index (χ2n) is 14.1. The summed E-state index contributed by atoms with van der Waals surface area (Å²) < 4.78 is 42.6. The molecule has 49 heavy (non-hydrogen) atoms. The van der Waals surface area contributed by atoms with E-state index in [0.717, 1.165) is 17.5 Å². The van der Waals surface area contributed by atoms with Gasteiger partial charge in [0.05, 0.1) is 19.8 Å². The first-order valence-corrected chi connectivity index (χ1v) is 16.4. The Hall–Kier alpha value is -4.31. The minimum absolute atomic E-state index is 0.0708. The van der Waals surface area contributed by atoms with Gasteiger partial charge in [-0.2, -0.15) is 9.59 Å². The van der Waals surface area contributed by atoms with E-state index in [1.54, 1.807) is 25.7 Å². The third-order valence-corrected chi connectivity index (χ3v) is 9.03. The fourth-order valence-corrected chi connectivity index (χ4v) is 5.91. The summed E-state index contributed by atoms with van der Waals surface area (Å²) in [4.78, 5) is 56.0. The average Bonchev–Trinajstić information content (AvgIpc) is 3.59. The molecule has 2 heterocycles. The van der Waals surface area contributed by atoms with Crippen molar-refractivity contribution >= 4 is 24.3 Å². The van der Waals surface area contributed by atoms with E-state index < -0.39 is 29.7 Å². The van der Waals surface area contributed by atoms with Crippen LogP contribution in [-0.2, 0) is 41.8 Å². The minimum atomic E-state index is -0.664. The molecule has 2 amide bonds. The number of amides is 2. The highest BCUT2D eigenvalue weighted by atomic mass is 19.1. The molecule has 0 unspecified atom stereocenters. The molecule has 0 radical (unpaired) electrons. The molecule has 2 aromatic carbocycles. The van der Waals surface area contributed by atoms with E-state index in [0.29, 0.717) is 13.1 Å². The monoisotopic (exact) mass is 688 g/mol. The summed E-state index contributed by atoms with van der Waals surface area (Å²) in [7, 11) is 0. The molecule has 0 aliphatic carbocycles. The van der Waals surface area contributed by atoms with Crippen LogP contribution < -0.4 is 0 Å². The molecular weight excluding hydrogens is 638 g/mol. The second kappa shape index (κ2) is 19.0. The number of rotatable bonds is 9. The Morgan fingerprint density at radius 1 is 0.776 bits per heavy atom. The summed E-state index contributed by atoms with van der Waals surface area (Å²) in [6, 6.07) is 18.9. The topological polar surface area (TPSA) is 120 Å². The van der Waals surface area contributed by atoms with Crippen molar-refractivity contribution in [1.82, 2.24) is 9.80 Å². The van der Waals surface area contributed by atoms with Crippen molar-refractivity contribution in [2.24, 2.45) is 22.7 Å². The van der Waals surface area contributed by atoms with E-state index in [2.05, 4.69) is 0 Å². The zero-order valence-electron chi connectivity index (χ0n) is 29.4. The van der Waals surface area contributed by atoms with Crippen LogP contribution in [0, 0.1) is 22.7 Å². The Labute approximate surface area is 288 Å². The fourth-order valence-electron chi connectivity index (χ4n) is 5.91. The Morgan fingerprint density at radius 3 is 1.51 bits per heavy atom. The minimum Gasteiger partial charge on any atom is -0.460 e. The highest BCUT2D eigenvalue weighted by molar-refractivity contribution is 5.72. The zero-order valence-corrected chi connectivity index (χ0v) is 29.4. The predicted molar refractivity (Wildman–Crippen MR) is 177 cm³/mol. The van der Waals surface area contributed by atoms with Gasteiger partial charge in [-0.15, -0.1) is 0 Å². The van der Waals surface area contributed by atoms with Gasteiger partial charge in [0.2, 0.25) is 0 Å². The maximum absolute atomic E-state index is 13.5. The summed E-state index contributed by atoms with van der Waals surface area (Å²) in [6.45, 7) is 12.3. The third-order valence-electron chi connectivity index (χ3n) is 9.03. The number of carbonyl (C=O) groups excluding carboxylic acids is 5. The molecule has 2 aliphatic rings. The Kier molecular flexibility index (Phi) is 15.9. The van der Waals surface area contributed by atoms with Crippen molar-refractivity contribution in [2.75, 3.05) is 39.5 Å². The molecule has 4 atom stereocenters. The van der Waals surface area contributed by atoms with Crippen molar-refractivity contribution in [3.63, 3.8) is 0 Å². The van der Waals surface area contributed by atoms with Gasteiger partial charge in [0.25, 0.3) is 0 Å². The number of esters is 1. The number of nitrogens with zero attached hydrogens (tertiary/aromatic N) is 2. The number of hydrogen-bond acceptors (Lipinski definition) is 8. The van der Waals surface area contributed by atoms with Gasteiger partial charge in [0, 0.05) is 43.4 Å². The van der Waals surface area contributed by atoms with Crippen LogP contribution in [0.1, 0.15) is 65.5 Å². The summed E-state index contributed by atoms with van der Waals surface area (Å²) in [5.74, 6) is -0.881. The van der Waals surface area contributed by atoms with Gasteiger partial charge in [-0.1, -0.05) is 81.4 Å². The molecule has 2 aliphatic heterocycles. The molecule has 2 fully saturated rings. The van der Waals surface area contributed by atoms with Gasteiger partial charge in [0.15, 0.2) is 0 Å².